The van der Waals surface area contributed by atoms with Crippen LogP contribution < -0.4 is 11.5 Å². The van der Waals surface area contributed by atoms with Gasteiger partial charge in [-0.3, -0.25) is 0 Å². The highest BCUT2D eigenvalue weighted by Crippen LogP contribution is 2.33. The van der Waals surface area contributed by atoms with Crippen LogP contribution in [0.3, 0.4) is 0 Å². The van der Waals surface area contributed by atoms with Gasteiger partial charge in [-0.1, -0.05) is 0 Å². The zero-order chi connectivity index (χ0) is 18.8. The fourth-order valence-corrected chi connectivity index (χ4v) is 3.11. The third kappa shape index (κ3) is 4.57. The number of nitrogens with two attached hydrogens (primary N) is 2. The van der Waals surface area contributed by atoms with E-state index in [4.69, 9.17) is 21.4 Å². The van der Waals surface area contributed by atoms with Gasteiger partial charge >= 0.3 is 12.1 Å². The van der Waals surface area contributed by atoms with Crippen molar-refractivity contribution in [3.8, 4) is 0 Å². The van der Waals surface area contributed by atoms with Crippen molar-refractivity contribution in [3.05, 3.63) is 10.9 Å². The van der Waals surface area contributed by atoms with Crippen molar-refractivity contribution in [2.75, 3.05) is 5.73 Å². The summed E-state index contributed by atoms with van der Waals surface area (Å²) in [6, 6.07) is 0.680. The molecule has 2 heterocycles. The molecule has 12 heteroatoms. The van der Waals surface area contributed by atoms with E-state index in [2.05, 4.69) is 31.0 Å². The summed E-state index contributed by atoms with van der Waals surface area (Å²) in [6.45, 7) is 0. The van der Waals surface area contributed by atoms with E-state index < -0.39 is 12.1 Å². The van der Waals surface area contributed by atoms with Gasteiger partial charge in [0.1, 0.15) is 16.7 Å². The molecular weight excluding hydrogens is 409 g/mol. The van der Waals surface area contributed by atoms with E-state index in [1.54, 1.807) is 0 Å². The first-order valence-electron chi connectivity index (χ1n) is 7.31. The number of carboxylic acids is 1. The van der Waals surface area contributed by atoms with Crippen LogP contribution in [-0.4, -0.2) is 43.0 Å². The Hall–Kier alpha value is -1.95. The summed E-state index contributed by atoms with van der Waals surface area (Å²) in [6.07, 6.45) is 0.536. The SMILES string of the molecule is Nc1ncnc2c1c(Br)nn2[C@H]1CC[C@H](N)CC1.O=C(O)C(F)(F)F. The molecule has 5 N–H and O–H groups in total. The number of alkyl halides is 3. The van der Waals surface area contributed by atoms with Crippen molar-refractivity contribution in [3.63, 3.8) is 0 Å². The van der Waals surface area contributed by atoms with Crippen LogP contribution in [0.2, 0.25) is 0 Å². The van der Waals surface area contributed by atoms with Crippen molar-refractivity contribution in [1.29, 1.82) is 0 Å². The highest BCUT2D eigenvalue weighted by Gasteiger charge is 2.38. The third-order valence-electron chi connectivity index (χ3n) is 3.81. The molecule has 0 saturated heterocycles. The summed E-state index contributed by atoms with van der Waals surface area (Å²) < 4.78 is 34.4. The molecule has 0 spiro atoms. The molecule has 0 atom stereocenters. The zero-order valence-electron chi connectivity index (χ0n) is 12.9. The van der Waals surface area contributed by atoms with E-state index in [-0.39, 0.29) is 0 Å². The Kier molecular flexibility index (Phi) is 5.83. The maximum Gasteiger partial charge on any atom is 0.490 e. The standard InChI is InChI=1S/C11H15BrN6.C2HF3O2/c12-9-8-10(14)15-5-16-11(8)18(17-9)7-3-1-6(13)2-4-7;3-2(4,5)1(6)7/h5-7H,1-4,13H2,(H2,14,15,16);(H,6,7)/t6-,7-;. The first kappa shape index (κ1) is 19.4. The number of nitrogens with zero attached hydrogens (tertiary/aromatic N) is 4. The lowest BCUT2D eigenvalue weighted by molar-refractivity contribution is -0.192. The molecule has 8 nitrogen and oxygen atoms in total. The number of rotatable bonds is 1. The molecular formula is C13H16BrF3N6O2. The maximum atomic E-state index is 10.6. The van der Waals surface area contributed by atoms with Crippen LogP contribution in [0.1, 0.15) is 31.7 Å². The number of nitrogen functional groups attached to an aromatic ring is 1. The molecule has 2 aromatic rings. The average molecular weight is 425 g/mol. The molecule has 0 aromatic carbocycles. The van der Waals surface area contributed by atoms with Crippen LogP contribution in [0, 0.1) is 0 Å². The quantitative estimate of drug-likeness (QED) is 0.638. The van der Waals surface area contributed by atoms with Gasteiger partial charge < -0.3 is 16.6 Å². The minimum absolute atomic E-state index is 0.325. The number of hydrogen-bond acceptors (Lipinski definition) is 6. The van der Waals surface area contributed by atoms with Crippen LogP contribution in [0.4, 0.5) is 19.0 Å². The molecule has 1 saturated carbocycles. The lowest BCUT2D eigenvalue weighted by atomic mass is 9.92. The zero-order valence-corrected chi connectivity index (χ0v) is 14.5. The van der Waals surface area contributed by atoms with Crippen molar-refractivity contribution in [2.45, 2.75) is 43.9 Å². The molecule has 138 valence electrons. The molecule has 3 rings (SSSR count). The summed E-state index contributed by atoms with van der Waals surface area (Å²) in [5.74, 6) is -2.29. The molecule has 0 aliphatic heterocycles. The van der Waals surface area contributed by atoms with E-state index in [0.717, 1.165) is 36.7 Å². The number of fused-ring (bicyclic) bond motifs is 1. The first-order valence-corrected chi connectivity index (χ1v) is 8.10. The van der Waals surface area contributed by atoms with E-state index in [1.165, 1.54) is 6.33 Å². The molecule has 0 unspecified atom stereocenters. The van der Waals surface area contributed by atoms with E-state index in [1.807, 2.05) is 4.68 Å². The highest BCUT2D eigenvalue weighted by molar-refractivity contribution is 9.10. The van der Waals surface area contributed by atoms with Crippen LogP contribution in [0.15, 0.2) is 10.9 Å². The fourth-order valence-electron chi connectivity index (χ4n) is 2.55. The van der Waals surface area contributed by atoms with Crippen LogP contribution in [-0.2, 0) is 4.79 Å². The Bertz CT molecular complexity index is 758. The minimum Gasteiger partial charge on any atom is -0.475 e. The predicted octanol–water partition coefficient (Wildman–Crippen LogP) is 2.25. The summed E-state index contributed by atoms with van der Waals surface area (Å²) in [5, 5.41) is 12.4. The lowest BCUT2D eigenvalue weighted by Crippen LogP contribution is -2.28. The topological polar surface area (TPSA) is 133 Å². The van der Waals surface area contributed by atoms with Gasteiger partial charge in [0.15, 0.2) is 5.65 Å². The average Bonchev–Trinajstić information content (AvgIpc) is 2.86. The Labute approximate surface area is 148 Å². The fraction of sp³-hybridized carbons (Fsp3) is 0.538. The van der Waals surface area contributed by atoms with E-state index in [9.17, 15) is 13.2 Å². The number of carboxylic acid groups (broad SMARTS) is 1. The summed E-state index contributed by atoms with van der Waals surface area (Å²) in [4.78, 5) is 17.2. The van der Waals surface area contributed by atoms with Gasteiger partial charge in [0.05, 0.1) is 11.4 Å². The second kappa shape index (κ2) is 7.52. The predicted molar refractivity (Wildman–Crippen MR) is 86.6 cm³/mol. The molecule has 25 heavy (non-hydrogen) atoms. The number of halogens is 4. The van der Waals surface area contributed by atoms with Gasteiger partial charge in [0, 0.05) is 6.04 Å². The van der Waals surface area contributed by atoms with Crippen LogP contribution in [0.5, 0.6) is 0 Å². The number of carbonyl (C=O) groups is 1. The first-order chi connectivity index (χ1) is 11.6. The highest BCUT2D eigenvalue weighted by atomic mass is 79.9. The Morgan fingerprint density at radius 1 is 1.28 bits per heavy atom. The number of anilines is 1. The molecule has 1 fully saturated rings. The Morgan fingerprint density at radius 2 is 1.84 bits per heavy atom. The van der Waals surface area contributed by atoms with Gasteiger partial charge in [-0.2, -0.15) is 18.3 Å². The summed E-state index contributed by atoms with van der Waals surface area (Å²) >= 11 is 3.43. The van der Waals surface area contributed by atoms with Gasteiger partial charge in [-0.15, -0.1) is 0 Å². The van der Waals surface area contributed by atoms with Crippen molar-refractivity contribution >= 4 is 38.8 Å². The normalized spacial score (nSPS) is 20.8. The van der Waals surface area contributed by atoms with Crippen molar-refractivity contribution < 1.29 is 23.1 Å². The van der Waals surface area contributed by atoms with E-state index >= 15 is 0 Å². The molecule has 0 amide bonds. The smallest absolute Gasteiger partial charge is 0.475 e. The van der Waals surface area contributed by atoms with E-state index in [0.29, 0.717) is 22.5 Å². The van der Waals surface area contributed by atoms with Gasteiger partial charge in [-0.05, 0) is 41.6 Å². The second-order valence-corrected chi connectivity index (χ2v) is 6.32. The van der Waals surface area contributed by atoms with Crippen molar-refractivity contribution in [1.82, 2.24) is 19.7 Å². The third-order valence-corrected chi connectivity index (χ3v) is 4.36. The Balaban J connectivity index is 0.000000277. The van der Waals surface area contributed by atoms with Gasteiger partial charge in [0.25, 0.3) is 0 Å². The maximum absolute atomic E-state index is 10.6. The largest absolute Gasteiger partial charge is 0.490 e. The lowest BCUT2D eigenvalue weighted by Gasteiger charge is -2.26. The number of hydrogen-bond donors (Lipinski definition) is 3. The van der Waals surface area contributed by atoms with Crippen LogP contribution in [0.25, 0.3) is 11.0 Å². The molecule has 2 aromatic heterocycles. The number of aliphatic carboxylic acids is 1. The summed E-state index contributed by atoms with van der Waals surface area (Å²) in [7, 11) is 0. The van der Waals surface area contributed by atoms with Crippen molar-refractivity contribution in [2.24, 2.45) is 5.73 Å². The second-order valence-electron chi connectivity index (χ2n) is 5.56. The van der Waals surface area contributed by atoms with Gasteiger partial charge in [0.2, 0.25) is 0 Å². The molecule has 0 bridgehead atoms. The van der Waals surface area contributed by atoms with Gasteiger partial charge in [-0.25, -0.2) is 19.4 Å². The van der Waals surface area contributed by atoms with Crippen LogP contribution >= 0.6 is 15.9 Å². The Morgan fingerprint density at radius 3 is 2.36 bits per heavy atom. The molecule has 1 aliphatic carbocycles. The number of aromatic nitrogens is 4. The monoisotopic (exact) mass is 424 g/mol. The minimum atomic E-state index is -5.08. The molecule has 0 radical (unpaired) electrons. The molecule has 1 aliphatic rings. The summed E-state index contributed by atoms with van der Waals surface area (Å²) in [5.41, 5.74) is 12.6.